The molecular weight excluding hydrogens is 310 g/mol. The fraction of sp³-hybridized carbons (Fsp3) is 0. The topological polar surface area (TPSA) is 26.0 Å². The largest absolute Gasteiger partial charge is 0.399 e. The minimum atomic E-state index is 0.793. The Balaban J connectivity index is 1.89. The molecule has 1 aromatic heterocycles. The number of nitrogen functional groups attached to an aromatic ring is 1. The molecule has 0 aliphatic heterocycles. The van der Waals surface area contributed by atoms with Crippen LogP contribution in [0, 0.1) is 0 Å². The second-order valence-corrected chi connectivity index (χ2v) is 6.76. The maximum Gasteiger partial charge on any atom is 0.0427 e. The molecule has 4 rings (SSSR count). The van der Waals surface area contributed by atoms with Gasteiger partial charge in [0.2, 0.25) is 0 Å². The molecule has 0 aliphatic carbocycles. The van der Waals surface area contributed by atoms with E-state index in [0.717, 1.165) is 5.69 Å². The maximum absolute atomic E-state index is 5.83. The summed E-state index contributed by atoms with van der Waals surface area (Å²) in [6, 6.07) is 31.5. The zero-order valence-corrected chi connectivity index (χ0v) is 14.0. The number of hydrogen-bond acceptors (Lipinski definition) is 2. The molecule has 0 fully saturated rings. The Bertz CT molecular complexity index is 881. The molecule has 116 valence electrons. The standard InChI is InChI=1S/C22H17NS/c23-19-13-11-17(12-14-19)21-15-20(16-7-3-1-4-8-16)22(24-21)18-9-5-2-6-10-18/h1-15H,23H2. The summed E-state index contributed by atoms with van der Waals surface area (Å²) in [5.41, 5.74) is 11.6. The molecule has 4 aromatic rings. The lowest BCUT2D eigenvalue weighted by Crippen LogP contribution is -1.82. The van der Waals surface area contributed by atoms with Crippen molar-refractivity contribution in [2.24, 2.45) is 0 Å². The predicted octanol–water partition coefficient (Wildman–Crippen LogP) is 6.33. The third-order valence-corrected chi connectivity index (χ3v) is 5.28. The first kappa shape index (κ1) is 14.7. The molecule has 0 aliphatic rings. The van der Waals surface area contributed by atoms with Gasteiger partial charge in [-0.15, -0.1) is 11.3 Å². The lowest BCUT2D eigenvalue weighted by atomic mass is 10.0. The Kier molecular flexibility index (Phi) is 3.89. The van der Waals surface area contributed by atoms with E-state index in [9.17, 15) is 0 Å². The molecule has 0 atom stereocenters. The third kappa shape index (κ3) is 2.84. The van der Waals surface area contributed by atoms with Gasteiger partial charge in [0.15, 0.2) is 0 Å². The van der Waals surface area contributed by atoms with Gasteiger partial charge in [0.05, 0.1) is 0 Å². The highest BCUT2D eigenvalue weighted by molar-refractivity contribution is 7.19. The first-order valence-corrected chi connectivity index (χ1v) is 8.73. The van der Waals surface area contributed by atoms with E-state index in [0.29, 0.717) is 0 Å². The van der Waals surface area contributed by atoms with E-state index >= 15 is 0 Å². The molecule has 2 N–H and O–H groups in total. The summed E-state index contributed by atoms with van der Waals surface area (Å²) in [6.07, 6.45) is 0. The summed E-state index contributed by atoms with van der Waals surface area (Å²) in [7, 11) is 0. The van der Waals surface area contributed by atoms with Crippen molar-refractivity contribution in [3.8, 4) is 32.0 Å². The van der Waals surface area contributed by atoms with E-state index in [-0.39, 0.29) is 0 Å². The molecule has 0 bridgehead atoms. The fourth-order valence-corrected chi connectivity index (χ4v) is 4.01. The molecule has 1 heterocycles. The number of benzene rings is 3. The molecular formula is C22H17NS. The van der Waals surface area contributed by atoms with Crippen molar-refractivity contribution >= 4 is 17.0 Å². The van der Waals surface area contributed by atoms with Crippen molar-refractivity contribution in [3.63, 3.8) is 0 Å². The van der Waals surface area contributed by atoms with Gasteiger partial charge in [-0.2, -0.15) is 0 Å². The normalized spacial score (nSPS) is 10.7. The van der Waals surface area contributed by atoms with Gasteiger partial charge in [0.25, 0.3) is 0 Å². The lowest BCUT2D eigenvalue weighted by molar-refractivity contribution is 1.64. The Morgan fingerprint density at radius 1 is 0.583 bits per heavy atom. The summed E-state index contributed by atoms with van der Waals surface area (Å²) in [4.78, 5) is 2.56. The van der Waals surface area contributed by atoms with Crippen molar-refractivity contribution in [3.05, 3.63) is 91.0 Å². The smallest absolute Gasteiger partial charge is 0.0427 e. The molecule has 0 radical (unpaired) electrons. The van der Waals surface area contributed by atoms with Crippen LogP contribution in [0.15, 0.2) is 91.0 Å². The van der Waals surface area contributed by atoms with E-state index in [1.807, 2.05) is 23.5 Å². The van der Waals surface area contributed by atoms with Crippen LogP contribution in [0.25, 0.3) is 32.0 Å². The number of rotatable bonds is 3. The second kappa shape index (κ2) is 6.34. The number of hydrogen-bond donors (Lipinski definition) is 1. The summed E-state index contributed by atoms with van der Waals surface area (Å²) in [5, 5.41) is 0. The molecule has 0 amide bonds. The molecule has 0 saturated heterocycles. The van der Waals surface area contributed by atoms with Gasteiger partial charge in [-0.1, -0.05) is 72.8 Å². The van der Waals surface area contributed by atoms with Gasteiger partial charge in [-0.05, 0) is 34.9 Å². The van der Waals surface area contributed by atoms with E-state index in [1.54, 1.807) is 0 Å². The Morgan fingerprint density at radius 2 is 1.17 bits per heavy atom. The van der Waals surface area contributed by atoms with Gasteiger partial charge >= 0.3 is 0 Å². The number of nitrogens with two attached hydrogens (primary N) is 1. The quantitative estimate of drug-likeness (QED) is 0.437. The van der Waals surface area contributed by atoms with Gasteiger partial charge in [0, 0.05) is 21.0 Å². The molecule has 0 spiro atoms. The first-order chi connectivity index (χ1) is 11.8. The number of anilines is 1. The maximum atomic E-state index is 5.83. The Morgan fingerprint density at radius 3 is 1.79 bits per heavy atom. The van der Waals surface area contributed by atoms with Crippen molar-refractivity contribution < 1.29 is 0 Å². The summed E-state index contributed by atoms with van der Waals surface area (Å²) >= 11 is 1.83. The van der Waals surface area contributed by atoms with Crippen LogP contribution in [-0.2, 0) is 0 Å². The third-order valence-electron chi connectivity index (χ3n) is 4.05. The zero-order chi connectivity index (χ0) is 16.4. The van der Waals surface area contributed by atoms with Crippen LogP contribution in [0.3, 0.4) is 0 Å². The average Bonchev–Trinajstić information content (AvgIpc) is 3.09. The molecule has 2 heteroatoms. The number of thiophene rings is 1. The van der Waals surface area contributed by atoms with Crippen LogP contribution in [-0.4, -0.2) is 0 Å². The fourth-order valence-electron chi connectivity index (χ4n) is 2.82. The van der Waals surface area contributed by atoms with Crippen molar-refractivity contribution in [1.82, 2.24) is 0 Å². The van der Waals surface area contributed by atoms with Gasteiger partial charge < -0.3 is 5.73 Å². The molecule has 1 nitrogen and oxygen atoms in total. The monoisotopic (exact) mass is 327 g/mol. The predicted molar refractivity (Wildman–Crippen MR) is 105 cm³/mol. The molecule has 3 aromatic carbocycles. The molecule has 0 unspecified atom stereocenters. The second-order valence-electron chi connectivity index (χ2n) is 5.71. The highest BCUT2D eigenvalue weighted by Gasteiger charge is 2.13. The highest BCUT2D eigenvalue weighted by Crippen LogP contribution is 2.43. The van der Waals surface area contributed by atoms with E-state index < -0.39 is 0 Å². The van der Waals surface area contributed by atoms with Crippen LogP contribution in [0.1, 0.15) is 0 Å². The minimum Gasteiger partial charge on any atom is -0.399 e. The SMILES string of the molecule is Nc1ccc(-c2cc(-c3ccccc3)c(-c3ccccc3)s2)cc1. The lowest BCUT2D eigenvalue weighted by Gasteiger charge is -2.03. The van der Waals surface area contributed by atoms with Crippen molar-refractivity contribution in [1.29, 1.82) is 0 Å². The van der Waals surface area contributed by atoms with Crippen LogP contribution in [0.2, 0.25) is 0 Å². The van der Waals surface area contributed by atoms with Crippen molar-refractivity contribution in [2.45, 2.75) is 0 Å². The Labute approximate surface area is 146 Å². The summed E-state index contributed by atoms with van der Waals surface area (Å²) < 4.78 is 0. The van der Waals surface area contributed by atoms with Crippen LogP contribution in [0.4, 0.5) is 5.69 Å². The average molecular weight is 327 g/mol. The van der Waals surface area contributed by atoms with Gasteiger partial charge in [-0.3, -0.25) is 0 Å². The van der Waals surface area contributed by atoms with Crippen LogP contribution >= 0.6 is 11.3 Å². The molecule has 0 saturated carbocycles. The van der Waals surface area contributed by atoms with Gasteiger partial charge in [-0.25, -0.2) is 0 Å². The molecule has 24 heavy (non-hydrogen) atoms. The van der Waals surface area contributed by atoms with Crippen molar-refractivity contribution in [2.75, 3.05) is 5.73 Å². The van der Waals surface area contributed by atoms with E-state index in [2.05, 4.69) is 78.9 Å². The van der Waals surface area contributed by atoms with Crippen LogP contribution < -0.4 is 5.73 Å². The van der Waals surface area contributed by atoms with Gasteiger partial charge in [0.1, 0.15) is 0 Å². The van der Waals surface area contributed by atoms with Crippen LogP contribution in [0.5, 0.6) is 0 Å². The summed E-state index contributed by atoms with van der Waals surface area (Å²) in [5.74, 6) is 0. The minimum absolute atomic E-state index is 0.793. The highest BCUT2D eigenvalue weighted by atomic mass is 32.1. The van der Waals surface area contributed by atoms with E-state index in [1.165, 1.54) is 32.0 Å². The summed E-state index contributed by atoms with van der Waals surface area (Å²) in [6.45, 7) is 0. The Hall–Kier alpha value is -2.84. The van der Waals surface area contributed by atoms with E-state index in [4.69, 9.17) is 5.73 Å². The first-order valence-electron chi connectivity index (χ1n) is 7.92. The zero-order valence-electron chi connectivity index (χ0n) is 13.1.